The van der Waals surface area contributed by atoms with Crippen LogP contribution in [0, 0.1) is 0 Å². The summed E-state index contributed by atoms with van der Waals surface area (Å²) in [5.41, 5.74) is 3.64. The number of carboxylic acid groups (broad SMARTS) is 1. The maximum Gasteiger partial charge on any atom is 0.335 e. The largest absolute Gasteiger partial charge is 0.489 e. The summed E-state index contributed by atoms with van der Waals surface area (Å²) in [4.78, 5) is 11.4. The van der Waals surface area contributed by atoms with Crippen LogP contribution in [0.1, 0.15) is 70.3 Å². The Kier molecular flexibility index (Phi) is 7.30. The summed E-state index contributed by atoms with van der Waals surface area (Å²) in [6.07, 6.45) is 3.47. The van der Waals surface area contributed by atoms with Crippen LogP contribution in [0.25, 0.3) is 11.3 Å². The van der Waals surface area contributed by atoms with Gasteiger partial charge in [-0.1, -0.05) is 64.2 Å². The van der Waals surface area contributed by atoms with Crippen molar-refractivity contribution in [2.75, 3.05) is 7.11 Å². The highest BCUT2D eigenvalue weighted by Gasteiger charge is 2.47. The number of halogens is 3. The average molecular weight is 599 g/mol. The van der Waals surface area contributed by atoms with Crippen LogP contribution in [0.3, 0.4) is 0 Å². The van der Waals surface area contributed by atoms with Crippen LogP contribution in [0.2, 0.25) is 15.1 Å². The summed E-state index contributed by atoms with van der Waals surface area (Å²) in [7, 11) is 1.68. The molecule has 3 aromatic carbocycles. The van der Waals surface area contributed by atoms with Crippen LogP contribution in [0.4, 0.5) is 0 Å². The third-order valence-electron chi connectivity index (χ3n) is 7.93. The number of aromatic carboxylic acids is 1. The molecule has 40 heavy (non-hydrogen) atoms. The molecule has 6 rings (SSSR count). The zero-order chi connectivity index (χ0) is 28.0. The molecule has 206 valence electrons. The van der Waals surface area contributed by atoms with E-state index in [9.17, 15) is 9.90 Å². The zero-order valence-corrected chi connectivity index (χ0v) is 23.9. The van der Waals surface area contributed by atoms with Crippen molar-refractivity contribution in [2.24, 2.45) is 0 Å². The first kappa shape index (κ1) is 27.2. The van der Waals surface area contributed by atoms with E-state index in [0.717, 1.165) is 35.3 Å². The molecular formula is C31H26Cl3NO5. The number of benzene rings is 3. The van der Waals surface area contributed by atoms with E-state index in [-0.39, 0.29) is 18.1 Å². The molecule has 1 heterocycles. The maximum atomic E-state index is 11.4. The van der Waals surface area contributed by atoms with Gasteiger partial charge in [0, 0.05) is 24.2 Å². The Morgan fingerprint density at radius 3 is 2.38 bits per heavy atom. The normalized spacial score (nSPS) is 20.2. The third-order valence-corrected chi connectivity index (χ3v) is 8.87. The summed E-state index contributed by atoms with van der Waals surface area (Å²) in [5.74, 6) is 0.964. The molecule has 6 nitrogen and oxygen atoms in total. The summed E-state index contributed by atoms with van der Waals surface area (Å²) in [5, 5.41) is 15.2. The van der Waals surface area contributed by atoms with Gasteiger partial charge < -0.3 is 19.1 Å². The third kappa shape index (κ3) is 4.99. The molecule has 1 N–H and O–H groups in total. The minimum absolute atomic E-state index is 0.177. The smallest absolute Gasteiger partial charge is 0.335 e. The van der Waals surface area contributed by atoms with Gasteiger partial charge in [0.15, 0.2) is 0 Å². The van der Waals surface area contributed by atoms with Crippen LogP contribution in [0.15, 0.2) is 65.2 Å². The summed E-state index contributed by atoms with van der Waals surface area (Å²) < 4.78 is 17.9. The predicted molar refractivity (Wildman–Crippen MR) is 154 cm³/mol. The molecule has 0 amide bonds. The number of rotatable bonds is 9. The molecule has 2 aliphatic rings. The Hall–Kier alpha value is -3.03. The van der Waals surface area contributed by atoms with Crippen molar-refractivity contribution in [1.82, 2.24) is 5.16 Å². The molecular weight excluding hydrogens is 573 g/mol. The van der Waals surface area contributed by atoms with Crippen molar-refractivity contribution in [1.29, 1.82) is 0 Å². The second kappa shape index (κ2) is 10.7. The number of methoxy groups -OCH3 is 1. The van der Waals surface area contributed by atoms with E-state index in [1.807, 2.05) is 18.2 Å². The van der Waals surface area contributed by atoms with Gasteiger partial charge in [-0.25, -0.2) is 4.79 Å². The number of ether oxygens (including phenoxy) is 2. The van der Waals surface area contributed by atoms with Crippen LogP contribution in [-0.4, -0.2) is 23.3 Å². The van der Waals surface area contributed by atoms with Gasteiger partial charge in [-0.05, 0) is 73.6 Å². The second-order valence-corrected chi connectivity index (χ2v) is 11.6. The maximum absolute atomic E-state index is 11.4. The highest BCUT2D eigenvalue weighted by atomic mass is 35.5. The highest BCUT2D eigenvalue weighted by molar-refractivity contribution is 6.39. The van der Waals surface area contributed by atoms with Gasteiger partial charge in [0.1, 0.15) is 23.8 Å². The van der Waals surface area contributed by atoms with Gasteiger partial charge >= 0.3 is 5.97 Å². The Morgan fingerprint density at radius 2 is 1.73 bits per heavy atom. The molecule has 2 saturated carbocycles. The first-order valence-electron chi connectivity index (χ1n) is 13.0. The van der Waals surface area contributed by atoms with Gasteiger partial charge in [0.05, 0.1) is 31.8 Å². The van der Waals surface area contributed by atoms with Crippen molar-refractivity contribution < 1.29 is 23.9 Å². The Bertz CT molecular complexity index is 1570. The molecule has 2 aliphatic carbocycles. The van der Waals surface area contributed by atoms with Crippen LogP contribution < -0.4 is 4.74 Å². The van der Waals surface area contributed by atoms with Crippen molar-refractivity contribution in [2.45, 2.75) is 49.7 Å². The molecule has 9 heteroatoms. The van der Waals surface area contributed by atoms with Crippen LogP contribution in [-0.2, 0) is 16.9 Å². The number of carboxylic acids is 1. The topological polar surface area (TPSA) is 81.8 Å². The summed E-state index contributed by atoms with van der Waals surface area (Å²) in [6.45, 7) is 0.222. The fraction of sp³-hybridized carbons (Fsp3) is 0.290. The van der Waals surface area contributed by atoms with Crippen molar-refractivity contribution >= 4 is 40.8 Å². The van der Waals surface area contributed by atoms with Gasteiger partial charge in [-0.3, -0.25) is 0 Å². The van der Waals surface area contributed by atoms with Gasteiger partial charge in [0.25, 0.3) is 0 Å². The van der Waals surface area contributed by atoms with Crippen molar-refractivity contribution in [3.05, 3.63) is 104 Å². The minimum Gasteiger partial charge on any atom is -0.489 e. The monoisotopic (exact) mass is 597 g/mol. The zero-order valence-electron chi connectivity index (χ0n) is 21.6. The molecule has 0 unspecified atom stereocenters. The van der Waals surface area contributed by atoms with E-state index in [1.165, 1.54) is 0 Å². The fourth-order valence-electron chi connectivity index (χ4n) is 5.55. The lowest BCUT2D eigenvalue weighted by Crippen LogP contribution is -2.42. The summed E-state index contributed by atoms with van der Waals surface area (Å²) >= 11 is 19.7. The lowest BCUT2D eigenvalue weighted by atomic mass is 9.64. The Balaban J connectivity index is 1.21. The first-order chi connectivity index (χ1) is 19.3. The Labute approximate surface area is 246 Å². The van der Waals surface area contributed by atoms with E-state index in [0.29, 0.717) is 50.8 Å². The van der Waals surface area contributed by atoms with Crippen molar-refractivity contribution in [3.8, 4) is 17.0 Å². The van der Waals surface area contributed by atoms with Crippen LogP contribution in [0.5, 0.6) is 5.75 Å². The number of hydrogen-bond donors (Lipinski definition) is 1. The molecule has 4 aromatic rings. The lowest BCUT2D eigenvalue weighted by Gasteiger charge is -2.47. The molecule has 0 atom stereocenters. The fourth-order valence-corrected chi connectivity index (χ4v) is 6.47. The lowest BCUT2D eigenvalue weighted by molar-refractivity contribution is -0.0911. The predicted octanol–water partition coefficient (Wildman–Crippen LogP) is 8.88. The van der Waals surface area contributed by atoms with E-state index < -0.39 is 11.6 Å². The first-order valence-corrected chi connectivity index (χ1v) is 14.2. The standard InChI is InChI=1S/C31H26Cl3NO5/c1-38-31(14-20(15-31)18-4-2-5-19(12-18)30(36)37)23-11-10-21(13-26(23)34)39-16-22-28(35-40-29(22)17-8-9-17)27-24(32)6-3-7-25(27)33/h2-7,10-13,17,20H,8-9,14-16H2,1H3,(H,36,37). The minimum atomic E-state index is -0.935. The number of carbonyl (C=O) groups is 1. The molecule has 0 bridgehead atoms. The second-order valence-electron chi connectivity index (χ2n) is 10.4. The quantitative estimate of drug-likeness (QED) is 0.207. The van der Waals surface area contributed by atoms with E-state index >= 15 is 0 Å². The molecule has 0 radical (unpaired) electrons. The van der Waals surface area contributed by atoms with E-state index in [4.69, 9.17) is 48.8 Å². The van der Waals surface area contributed by atoms with E-state index in [1.54, 1.807) is 49.6 Å². The molecule has 0 aliphatic heterocycles. The number of aromatic nitrogens is 1. The SMILES string of the molecule is COC1(c2ccc(OCc3c(-c4c(Cl)cccc4Cl)noc3C3CC3)cc2Cl)CC(c2cccc(C(=O)O)c2)C1. The average Bonchev–Trinajstić information content (AvgIpc) is 3.68. The number of nitrogens with zero attached hydrogens (tertiary/aromatic N) is 1. The molecule has 0 spiro atoms. The van der Waals surface area contributed by atoms with Crippen LogP contribution >= 0.6 is 34.8 Å². The summed E-state index contributed by atoms with van der Waals surface area (Å²) in [6, 6.07) is 18.0. The highest BCUT2D eigenvalue weighted by Crippen LogP contribution is 2.55. The van der Waals surface area contributed by atoms with Gasteiger partial charge in [0.2, 0.25) is 0 Å². The van der Waals surface area contributed by atoms with Gasteiger partial charge in [-0.2, -0.15) is 0 Å². The molecule has 0 saturated heterocycles. The molecule has 1 aromatic heterocycles. The molecule has 2 fully saturated rings. The number of hydrogen-bond acceptors (Lipinski definition) is 5. The van der Waals surface area contributed by atoms with E-state index in [2.05, 4.69) is 5.16 Å². The Morgan fingerprint density at radius 1 is 1.00 bits per heavy atom. The van der Waals surface area contributed by atoms with Gasteiger partial charge in [-0.15, -0.1) is 0 Å². The van der Waals surface area contributed by atoms with Crippen molar-refractivity contribution in [3.63, 3.8) is 0 Å².